The molecule has 0 aromatic carbocycles. The Labute approximate surface area is 229 Å². The van der Waals surface area contributed by atoms with Gasteiger partial charge in [-0.15, -0.1) is 0 Å². The Morgan fingerprint density at radius 2 is 1.87 bits per heavy atom. The fraction of sp³-hybridized carbons (Fsp3) is 0.630. The summed E-state index contributed by atoms with van der Waals surface area (Å²) in [5.74, 6) is 2.22. The standard InChI is InChI=1S/C27H37ClN6O4/c1-18-16-33(22-12-26(36-4)31-13-20(22)28)9-7-23(18)38-27-15-30-25(14-32-27)34-17-24(37-11-5-10-35-3)19(2)21(34)6-8-29/h12-15,18-19,21,23-24H,5-7,9-11,16-17H2,1-4H3. The molecule has 2 aliphatic rings. The number of hydrogen-bond acceptors (Lipinski definition) is 10. The molecule has 2 aromatic heterocycles. The SMILES string of the molecule is COCCCOC1CN(c2cnc(OC3CCN(c4cc(OC)ncc4Cl)CC3C)cn2)C(CC#N)C1C. The highest BCUT2D eigenvalue weighted by atomic mass is 35.5. The van der Waals surface area contributed by atoms with Crippen molar-refractivity contribution in [2.45, 2.75) is 51.4 Å². The average molecular weight is 545 g/mol. The lowest BCUT2D eigenvalue weighted by Crippen LogP contribution is -2.44. The maximum atomic E-state index is 9.42. The van der Waals surface area contributed by atoms with Crippen LogP contribution in [-0.4, -0.2) is 80.3 Å². The highest BCUT2D eigenvalue weighted by molar-refractivity contribution is 6.33. The Bertz CT molecular complexity index is 1080. The van der Waals surface area contributed by atoms with Crippen LogP contribution in [0.15, 0.2) is 24.7 Å². The van der Waals surface area contributed by atoms with Crippen molar-refractivity contribution in [3.63, 3.8) is 0 Å². The van der Waals surface area contributed by atoms with E-state index in [9.17, 15) is 5.26 Å². The zero-order valence-electron chi connectivity index (χ0n) is 22.5. The molecule has 10 nitrogen and oxygen atoms in total. The van der Waals surface area contributed by atoms with E-state index >= 15 is 0 Å². The number of anilines is 2. The maximum Gasteiger partial charge on any atom is 0.232 e. The van der Waals surface area contributed by atoms with Gasteiger partial charge in [0.25, 0.3) is 0 Å². The lowest BCUT2D eigenvalue weighted by atomic mass is 9.96. The predicted octanol–water partition coefficient (Wildman–Crippen LogP) is 3.99. The summed E-state index contributed by atoms with van der Waals surface area (Å²) in [7, 11) is 3.29. The second-order valence-corrected chi connectivity index (χ2v) is 10.4. The molecule has 0 radical (unpaired) electrons. The summed E-state index contributed by atoms with van der Waals surface area (Å²) in [6.45, 7) is 7.85. The first-order chi connectivity index (χ1) is 18.4. The number of hydrogen-bond donors (Lipinski definition) is 0. The van der Waals surface area contributed by atoms with Crippen molar-refractivity contribution in [2.75, 3.05) is 56.9 Å². The summed E-state index contributed by atoms with van der Waals surface area (Å²) in [5.41, 5.74) is 0.917. The van der Waals surface area contributed by atoms with Crippen LogP contribution in [0.2, 0.25) is 5.02 Å². The van der Waals surface area contributed by atoms with E-state index in [1.165, 1.54) is 0 Å². The van der Waals surface area contributed by atoms with Crippen LogP contribution >= 0.6 is 11.6 Å². The normalized spacial score (nSPS) is 25.3. The molecule has 5 unspecified atom stereocenters. The van der Waals surface area contributed by atoms with Crippen molar-refractivity contribution in [2.24, 2.45) is 11.8 Å². The van der Waals surface area contributed by atoms with Gasteiger partial charge in [0.15, 0.2) is 0 Å². The van der Waals surface area contributed by atoms with Crippen molar-refractivity contribution in [3.8, 4) is 17.8 Å². The fourth-order valence-electron chi connectivity index (χ4n) is 5.28. The Balaban J connectivity index is 1.36. The van der Waals surface area contributed by atoms with E-state index in [0.29, 0.717) is 43.0 Å². The molecule has 5 atom stereocenters. The molecule has 4 heterocycles. The number of nitriles is 1. The molecular formula is C27H37ClN6O4. The molecule has 0 spiro atoms. The smallest absolute Gasteiger partial charge is 0.232 e. The minimum Gasteiger partial charge on any atom is -0.481 e. The first-order valence-electron chi connectivity index (χ1n) is 13.1. The minimum atomic E-state index is 0.0111. The number of aromatic nitrogens is 3. The molecule has 0 N–H and O–H groups in total. The van der Waals surface area contributed by atoms with Crippen molar-refractivity contribution in [1.29, 1.82) is 5.26 Å². The van der Waals surface area contributed by atoms with Gasteiger partial charge < -0.3 is 28.7 Å². The van der Waals surface area contributed by atoms with Crippen molar-refractivity contribution < 1.29 is 18.9 Å². The van der Waals surface area contributed by atoms with E-state index in [-0.39, 0.29) is 30.1 Å². The minimum absolute atomic E-state index is 0.0111. The highest BCUT2D eigenvalue weighted by Gasteiger charge is 2.40. The molecule has 0 amide bonds. The molecule has 2 aromatic rings. The molecule has 206 valence electrons. The van der Waals surface area contributed by atoms with Crippen molar-refractivity contribution in [3.05, 3.63) is 29.7 Å². The Morgan fingerprint density at radius 1 is 1.05 bits per heavy atom. The van der Waals surface area contributed by atoms with Gasteiger partial charge in [0.05, 0.1) is 55.0 Å². The Kier molecular flexibility index (Phi) is 9.83. The zero-order chi connectivity index (χ0) is 27.1. The largest absolute Gasteiger partial charge is 0.481 e. The van der Waals surface area contributed by atoms with E-state index in [0.717, 1.165) is 37.4 Å². The molecule has 11 heteroatoms. The third kappa shape index (κ3) is 6.57. The Morgan fingerprint density at radius 3 is 2.55 bits per heavy atom. The Hall–Kier alpha value is -2.87. The molecule has 0 aliphatic carbocycles. The third-order valence-corrected chi connectivity index (χ3v) is 7.75. The fourth-order valence-corrected chi connectivity index (χ4v) is 5.50. The van der Waals surface area contributed by atoms with Gasteiger partial charge in [0.1, 0.15) is 11.9 Å². The molecule has 0 bridgehead atoms. The van der Waals surface area contributed by atoms with Gasteiger partial charge >= 0.3 is 0 Å². The summed E-state index contributed by atoms with van der Waals surface area (Å²) in [4.78, 5) is 17.8. The van der Waals surface area contributed by atoms with Gasteiger partial charge in [0, 0.05) is 70.3 Å². The van der Waals surface area contributed by atoms with E-state index < -0.39 is 0 Å². The van der Waals surface area contributed by atoms with Crippen LogP contribution in [0, 0.1) is 23.2 Å². The molecule has 0 saturated carbocycles. The number of rotatable bonds is 11. The number of nitrogens with zero attached hydrogens (tertiary/aromatic N) is 6. The number of halogens is 1. The van der Waals surface area contributed by atoms with Crippen LogP contribution in [0.3, 0.4) is 0 Å². The van der Waals surface area contributed by atoms with Crippen molar-refractivity contribution >= 4 is 23.1 Å². The van der Waals surface area contributed by atoms with E-state index in [4.69, 9.17) is 30.5 Å². The van der Waals surface area contributed by atoms with Crippen molar-refractivity contribution in [1.82, 2.24) is 15.0 Å². The average Bonchev–Trinajstić information content (AvgIpc) is 3.23. The topological polar surface area (TPSA) is 106 Å². The molecular weight excluding hydrogens is 508 g/mol. The second kappa shape index (κ2) is 13.3. The van der Waals surface area contributed by atoms with Crippen LogP contribution in [0.4, 0.5) is 11.5 Å². The summed E-state index contributed by atoms with van der Waals surface area (Å²) in [6.07, 6.45) is 7.15. The number of pyridine rings is 1. The number of piperidine rings is 1. The highest BCUT2D eigenvalue weighted by Crippen LogP contribution is 2.34. The van der Waals surface area contributed by atoms with Crippen LogP contribution < -0.4 is 19.3 Å². The molecule has 4 rings (SSSR count). The number of methoxy groups -OCH3 is 2. The van der Waals surface area contributed by atoms with Crippen LogP contribution in [0.5, 0.6) is 11.8 Å². The predicted molar refractivity (Wildman–Crippen MR) is 145 cm³/mol. The van der Waals surface area contributed by atoms with E-state index in [1.807, 2.05) is 6.07 Å². The van der Waals surface area contributed by atoms with Crippen LogP contribution in [-0.2, 0) is 9.47 Å². The monoisotopic (exact) mass is 544 g/mol. The first-order valence-corrected chi connectivity index (χ1v) is 13.5. The molecule has 2 fully saturated rings. The zero-order valence-corrected chi connectivity index (χ0v) is 23.3. The lowest BCUT2D eigenvalue weighted by molar-refractivity contribution is 0.0271. The summed E-state index contributed by atoms with van der Waals surface area (Å²) >= 11 is 6.41. The van der Waals surface area contributed by atoms with Gasteiger partial charge in [-0.1, -0.05) is 25.4 Å². The van der Waals surface area contributed by atoms with E-state index in [2.05, 4.69) is 44.7 Å². The number of ether oxygens (including phenoxy) is 4. The van der Waals surface area contributed by atoms with Gasteiger partial charge in [-0.05, 0) is 6.42 Å². The van der Waals surface area contributed by atoms with Gasteiger partial charge in [-0.3, -0.25) is 0 Å². The second-order valence-electron chi connectivity index (χ2n) is 9.96. The lowest BCUT2D eigenvalue weighted by Gasteiger charge is -2.38. The summed E-state index contributed by atoms with van der Waals surface area (Å²) in [6, 6.07) is 4.21. The molecule has 38 heavy (non-hydrogen) atoms. The maximum absolute atomic E-state index is 9.42. The first kappa shape index (κ1) is 28.1. The third-order valence-electron chi connectivity index (χ3n) is 7.46. The van der Waals surface area contributed by atoms with Crippen LogP contribution in [0.25, 0.3) is 0 Å². The molecule has 2 saturated heterocycles. The summed E-state index contributed by atoms with van der Waals surface area (Å²) in [5, 5.41) is 10.0. The summed E-state index contributed by atoms with van der Waals surface area (Å²) < 4.78 is 22.8. The molecule has 2 aliphatic heterocycles. The van der Waals surface area contributed by atoms with E-state index in [1.54, 1.807) is 32.8 Å². The quantitative estimate of drug-likeness (QED) is 0.385. The van der Waals surface area contributed by atoms with Gasteiger partial charge in [-0.2, -0.15) is 5.26 Å². The van der Waals surface area contributed by atoms with Gasteiger partial charge in [-0.25, -0.2) is 15.0 Å². The van der Waals surface area contributed by atoms with Gasteiger partial charge in [0.2, 0.25) is 11.8 Å². The van der Waals surface area contributed by atoms with Crippen LogP contribution in [0.1, 0.15) is 33.1 Å².